The smallest absolute Gasteiger partial charge is 0.194 e. The highest BCUT2D eigenvalue weighted by Gasteiger charge is 2.25. The maximum absolute atomic E-state index is 5.99. The zero-order chi connectivity index (χ0) is 16.1. The first kappa shape index (κ1) is 15.6. The van der Waals surface area contributed by atoms with Gasteiger partial charge in [-0.15, -0.1) is 0 Å². The van der Waals surface area contributed by atoms with Crippen LogP contribution in [0.3, 0.4) is 0 Å². The predicted molar refractivity (Wildman–Crippen MR) is 91.3 cm³/mol. The molecule has 1 aliphatic heterocycles. The molecule has 2 aromatic rings. The van der Waals surface area contributed by atoms with Crippen LogP contribution in [0.1, 0.15) is 30.4 Å². The number of likely N-dealkylation sites (tertiary alicyclic amines) is 1. The molecule has 122 valence electrons. The van der Waals surface area contributed by atoms with Crippen molar-refractivity contribution in [2.75, 3.05) is 25.0 Å². The number of hydrogen-bond acceptors (Lipinski definition) is 4. The van der Waals surface area contributed by atoms with Crippen molar-refractivity contribution in [3.8, 4) is 0 Å². The Bertz CT molecular complexity index is 646. The van der Waals surface area contributed by atoms with Gasteiger partial charge in [0.2, 0.25) is 0 Å². The van der Waals surface area contributed by atoms with E-state index in [9.17, 15) is 0 Å². The number of anilines is 1. The number of nitrogens with two attached hydrogens (primary N) is 1. The van der Waals surface area contributed by atoms with Gasteiger partial charge in [0, 0.05) is 6.20 Å². The van der Waals surface area contributed by atoms with E-state index in [-0.39, 0.29) is 6.04 Å². The molecule has 1 atom stereocenters. The van der Waals surface area contributed by atoms with Crippen molar-refractivity contribution in [1.29, 1.82) is 0 Å². The topological polar surface area (TPSA) is 79.7 Å². The number of aryl methyl sites for hydroxylation is 1. The Kier molecular flexibility index (Phi) is 4.92. The average molecular weight is 313 g/mol. The molecule has 23 heavy (non-hydrogen) atoms. The molecule has 0 radical (unpaired) electrons. The van der Waals surface area contributed by atoms with E-state index in [0.29, 0.717) is 18.3 Å². The summed E-state index contributed by atoms with van der Waals surface area (Å²) in [5.41, 5.74) is 5.99. The SMILES string of the molecule is Cc1ccc(C(CN=C(N)Nc2ccccn2)N2CCCC2)o1. The number of furan rings is 1. The van der Waals surface area contributed by atoms with Gasteiger partial charge in [-0.3, -0.25) is 9.89 Å². The molecule has 6 heteroatoms. The van der Waals surface area contributed by atoms with Crippen molar-refractivity contribution in [3.05, 3.63) is 48.0 Å². The van der Waals surface area contributed by atoms with E-state index >= 15 is 0 Å². The fourth-order valence-electron chi connectivity index (χ4n) is 2.86. The third-order valence-electron chi connectivity index (χ3n) is 4.03. The standard InChI is InChI=1S/C17H23N5O/c1-13-7-8-15(23-13)14(22-10-4-5-11-22)12-20-17(18)21-16-6-2-3-9-19-16/h2-3,6-9,14H,4-5,10-12H2,1H3,(H3,18,19,20,21). The van der Waals surface area contributed by atoms with Crippen LogP contribution in [0.4, 0.5) is 5.82 Å². The molecular weight excluding hydrogens is 290 g/mol. The molecule has 0 bridgehead atoms. The highest BCUT2D eigenvalue weighted by Crippen LogP contribution is 2.26. The van der Waals surface area contributed by atoms with Crippen LogP contribution in [0.25, 0.3) is 0 Å². The van der Waals surface area contributed by atoms with Gasteiger partial charge in [0.1, 0.15) is 17.3 Å². The maximum atomic E-state index is 5.99. The van der Waals surface area contributed by atoms with Crippen molar-refractivity contribution in [2.45, 2.75) is 25.8 Å². The Morgan fingerprint density at radius 1 is 1.35 bits per heavy atom. The lowest BCUT2D eigenvalue weighted by molar-refractivity contribution is 0.219. The highest BCUT2D eigenvalue weighted by atomic mass is 16.3. The molecule has 1 aliphatic rings. The van der Waals surface area contributed by atoms with E-state index in [1.807, 2.05) is 37.3 Å². The van der Waals surface area contributed by atoms with Gasteiger partial charge in [-0.2, -0.15) is 0 Å². The minimum Gasteiger partial charge on any atom is -0.465 e. The van der Waals surface area contributed by atoms with Crippen LogP contribution in [0.5, 0.6) is 0 Å². The van der Waals surface area contributed by atoms with Crippen LogP contribution in [0.15, 0.2) is 45.9 Å². The largest absolute Gasteiger partial charge is 0.465 e. The minimum absolute atomic E-state index is 0.135. The van der Waals surface area contributed by atoms with Crippen LogP contribution in [-0.4, -0.2) is 35.5 Å². The lowest BCUT2D eigenvalue weighted by atomic mass is 10.2. The van der Waals surface area contributed by atoms with Crippen molar-refractivity contribution in [2.24, 2.45) is 10.7 Å². The first-order valence-electron chi connectivity index (χ1n) is 8.01. The second-order valence-electron chi connectivity index (χ2n) is 5.77. The van der Waals surface area contributed by atoms with Gasteiger partial charge in [0.05, 0.1) is 12.6 Å². The number of rotatable bonds is 5. The fourth-order valence-corrected chi connectivity index (χ4v) is 2.86. The third-order valence-corrected chi connectivity index (χ3v) is 4.03. The van der Waals surface area contributed by atoms with E-state index in [1.165, 1.54) is 12.8 Å². The van der Waals surface area contributed by atoms with Gasteiger partial charge < -0.3 is 15.5 Å². The fraction of sp³-hybridized carbons (Fsp3) is 0.412. The normalized spacial score (nSPS) is 17.3. The summed E-state index contributed by atoms with van der Waals surface area (Å²) in [6.07, 6.45) is 4.16. The number of pyridine rings is 1. The lowest BCUT2D eigenvalue weighted by Gasteiger charge is -2.24. The summed E-state index contributed by atoms with van der Waals surface area (Å²) >= 11 is 0. The second kappa shape index (κ2) is 7.28. The van der Waals surface area contributed by atoms with Crippen molar-refractivity contribution < 1.29 is 4.42 Å². The van der Waals surface area contributed by atoms with Gasteiger partial charge in [0.15, 0.2) is 5.96 Å². The molecule has 1 saturated heterocycles. The van der Waals surface area contributed by atoms with Gasteiger partial charge in [0.25, 0.3) is 0 Å². The lowest BCUT2D eigenvalue weighted by Crippen LogP contribution is -2.30. The third kappa shape index (κ3) is 4.10. The molecule has 1 unspecified atom stereocenters. The summed E-state index contributed by atoms with van der Waals surface area (Å²) in [6.45, 7) is 4.68. The summed E-state index contributed by atoms with van der Waals surface area (Å²) in [4.78, 5) is 11.1. The minimum atomic E-state index is 0.135. The molecule has 6 nitrogen and oxygen atoms in total. The molecule has 0 aromatic carbocycles. The molecule has 2 aromatic heterocycles. The zero-order valence-corrected chi connectivity index (χ0v) is 13.4. The molecule has 1 fully saturated rings. The Hall–Kier alpha value is -2.34. The molecular formula is C17H23N5O. The average Bonchev–Trinajstić information content (AvgIpc) is 3.21. The number of aromatic nitrogens is 1. The molecule has 0 aliphatic carbocycles. The summed E-state index contributed by atoms with van der Waals surface area (Å²) in [6, 6.07) is 9.79. The van der Waals surface area contributed by atoms with Gasteiger partial charge >= 0.3 is 0 Å². The monoisotopic (exact) mass is 313 g/mol. The zero-order valence-electron chi connectivity index (χ0n) is 13.4. The van der Waals surface area contributed by atoms with E-state index < -0.39 is 0 Å². The van der Waals surface area contributed by atoms with Gasteiger partial charge in [-0.1, -0.05) is 6.07 Å². The van der Waals surface area contributed by atoms with Crippen LogP contribution in [-0.2, 0) is 0 Å². The summed E-state index contributed by atoms with van der Waals surface area (Å²) in [5.74, 6) is 2.95. The van der Waals surface area contributed by atoms with Crippen LogP contribution < -0.4 is 11.1 Å². The summed E-state index contributed by atoms with van der Waals surface area (Å²) in [5, 5.41) is 3.01. The Balaban J connectivity index is 1.69. The molecule has 3 N–H and O–H groups in total. The van der Waals surface area contributed by atoms with Crippen molar-refractivity contribution in [3.63, 3.8) is 0 Å². The quantitative estimate of drug-likeness (QED) is 0.655. The Morgan fingerprint density at radius 3 is 2.83 bits per heavy atom. The van der Waals surface area contributed by atoms with Crippen LogP contribution in [0.2, 0.25) is 0 Å². The Labute approximate surface area is 136 Å². The number of nitrogens with one attached hydrogen (secondary N) is 1. The molecule has 3 rings (SSSR count). The van der Waals surface area contributed by atoms with E-state index in [4.69, 9.17) is 10.2 Å². The molecule has 0 spiro atoms. The first-order valence-corrected chi connectivity index (χ1v) is 8.01. The Morgan fingerprint density at radius 2 is 2.17 bits per heavy atom. The summed E-state index contributed by atoms with van der Waals surface area (Å²) < 4.78 is 5.82. The van der Waals surface area contributed by atoms with Crippen molar-refractivity contribution in [1.82, 2.24) is 9.88 Å². The number of nitrogens with zero attached hydrogens (tertiary/aromatic N) is 3. The first-order chi connectivity index (χ1) is 11.2. The number of hydrogen-bond donors (Lipinski definition) is 2. The second-order valence-corrected chi connectivity index (χ2v) is 5.77. The number of guanidine groups is 1. The van der Waals surface area contributed by atoms with Crippen LogP contribution in [0, 0.1) is 6.92 Å². The van der Waals surface area contributed by atoms with E-state index in [1.54, 1.807) is 6.20 Å². The molecule has 0 amide bonds. The van der Waals surface area contributed by atoms with E-state index in [2.05, 4.69) is 20.2 Å². The predicted octanol–water partition coefficient (Wildman–Crippen LogP) is 2.55. The van der Waals surface area contributed by atoms with Gasteiger partial charge in [-0.05, 0) is 57.1 Å². The van der Waals surface area contributed by atoms with Crippen LogP contribution >= 0.6 is 0 Å². The summed E-state index contributed by atoms with van der Waals surface area (Å²) in [7, 11) is 0. The van der Waals surface area contributed by atoms with Crippen molar-refractivity contribution >= 4 is 11.8 Å². The molecule has 0 saturated carbocycles. The highest BCUT2D eigenvalue weighted by molar-refractivity contribution is 5.91. The maximum Gasteiger partial charge on any atom is 0.194 e. The molecule has 3 heterocycles. The number of aliphatic imine (C=N–C) groups is 1. The van der Waals surface area contributed by atoms with Gasteiger partial charge in [-0.25, -0.2) is 4.98 Å². The van der Waals surface area contributed by atoms with E-state index in [0.717, 1.165) is 24.6 Å².